The topological polar surface area (TPSA) is 15.3 Å². The minimum Gasteiger partial charge on any atom is -0.362 e. The first kappa shape index (κ1) is 12.8. The van der Waals surface area contributed by atoms with Crippen LogP contribution in [0.3, 0.4) is 0 Å². The van der Waals surface area contributed by atoms with Crippen LogP contribution in [0.15, 0.2) is 0 Å². The second-order valence-electron chi connectivity index (χ2n) is 5.10. The van der Waals surface area contributed by atoms with Gasteiger partial charge in [0.15, 0.2) is 5.11 Å². The van der Waals surface area contributed by atoms with Gasteiger partial charge in [0.25, 0.3) is 0 Å². The van der Waals surface area contributed by atoms with Gasteiger partial charge in [0.1, 0.15) is 0 Å². The Kier molecular flexibility index (Phi) is 5.37. The summed E-state index contributed by atoms with van der Waals surface area (Å²) in [5, 5.41) is 4.31. The summed E-state index contributed by atoms with van der Waals surface area (Å²) in [6, 6.07) is 0. The van der Waals surface area contributed by atoms with Crippen molar-refractivity contribution in [2.45, 2.75) is 40.0 Å². The minimum atomic E-state index is 0.661. The van der Waals surface area contributed by atoms with Crippen LogP contribution in [0.5, 0.6) is 0 Å². The quantitative estimate of drug-likeness (QED) is 0.732. The Bertz CT molecular complexity index is 204. The van der Waals surface area contributed by atoms with Crippen LogP contribution in [0.25, 0.3) is 0 Å². The molecule has 0 spiro atoms. The van der Waals surface area contributed by atoms with Crippen molar-refractivity contribution in [3.63, 3.8) is 0 Å². The number of hydrogen-bond acceptors (Lipinski definition) is 1. The molecule has 3 heteroatoms. The van der Waals surface area contributed by atoms with Crippen LogP contribution in [0.2, 0.25) is 0 Å². The Balaban J connectivity index is 2.31. The van der Waals surface area contributed by atoms with Crippen molar-refractivity contribution < 1.29 is 0 Å². The third-order valence-corrected chi connectivity index (χ3v) is 3.37. The first-order chi connectivity index (χ1) is 7.09. The molecule has 0 aromatic heterocycles. The predicted molar refractivity (Wildman–Crippen MR) is 70.0 cm³/mol. The second kappa shape index (κ2) is 6.31. The van der Waals surface area contributed by atoms with Gasteiger partial charge in [-0.15, -0.1) is 0 Å². The summed E-state index contributed by atoms with van der Waals surface area (Å²) in [5.41, 5.74) is 0. The Labute approximate surface area is 99.4 Å². The molecule has 15 heavy (non-hydrogen) atoms. The van der Waals surface area contributed by atoms with Crippen LogP contribution in [0.4, 0.5) is 0 Å². The highest BCUT2D eigenvalue weighted by atomic mass is 32.1. The van der Waals surface area contributed by atoms with Crippen molar-refractivity contribution >= 4 is 17.3 Å². The van der Waals surface area contributed by atoms with Crippen LogP contribution in [0.1, 0.15) is 40.0 Å². The van der Waals surface area contributed by atoms with E-state index in [0.29, 0.717) is 5.92 Å². The maximum Gasteiger partial charge on any atom is 0.168 e. The second-order valence-corrected chi connectivity index (χ2v) is 5.49. The van der Waals surface area contributed by atoms with Gasteiger partial charge in [-0.2, -0.15) is 0 Å². The van der Waals surface area contributed by atoms with E-state index in [1.165, 1.54) is 19.3 Å². The van der Waals surface area contributed by atoms with E-state index in [1.807, 2.05) is 0 Å². The van der Waals surface area contributed by atoms with E-state index < -0.39 is 0 Å². The van der Waals surface area contributed by atoms with Crippen molar-refractivity contribution in [1.82, 2.24) is 10.2 Å². The largest absolute Gasteiger partial charge is 0.362 e. The SMILES string of the molecule is CC(C)CNC(=S)N1CCCC(C)CC1. The van der Waals surface area contributed by atoms with Crippen molar-refractivity contribution in [3.05, 3.63) is 0 Å². The molecule has 1 aliphatic heterocycles. The third kappa shape index (κ3) is 4.83. The van der Waals surface area contributed by atoms with Crippen LogP contribution in [-0.4, -0.2) is 29.6 Å². The minimum absolute atomic E-state index is 0.661. The zero-order chi connectivity index (χ0) is 11.3. The molecule has 88 valence electrons. The Hall–Kier alpha value is -0.310. The molecule has 0 aromatic carbocycles. The van der Waals surface area contributed by atoms with Gasteiger partial charge >= 0.3 is 0 Å². The molecule has 0 aliphatic carbocycles. The maximum absolute atomic E-state index is 5.41. The summed E-state index contributed by atoms with van der Waals surface area (Å²) in [6.07, 6.45) is 3.91. The van der Waals surface area contributed by atoms with E-state index in [2.05, 4.69) is 31.0 Å². The van der Waals surface area contributed by atoms with Crippen LogP contribution in [-0.2, 0) is 0 Å². The van der Waals surface area contributed by atoms with Gasteiger partial charge < -0.3 is 10.2 Å². The molecule has 1 heterocycles. The molecule has 1 unspecified atom stereocenters. The van der Waals surface area contributed by atoms with Gasteiger partial charge in [-0.3, -0.25) is 0 Å². The lowest BCUT2D eigenvalue weighted by molar-refractivity contribution is 0.414. The smallest absolute Gasteiger partial charge is 0.168 e. The predicted octanol–water partition coefficient (Wildman–Crippen LogP) is 2.64. The molecule has 1 rings (SSSR count). The van der Waals surface area contributed by atoms with Crippen molar-refractivity contribution in [1.29, 1.82) is 0 Å². The Morgan fingerprint density at radius 1 is 1.40 bits per heavy atom. The first-order valence-electron chi connectivity index (χ1n) is 6.12. The Morgan fingerprint density at radius 3 is 2.80 bits per heavy atom. The average molecular weight is 228 g/mol. The fourth-order valence-electron chi connectivity index (χ4n) is 1.87. The number of nitrogens with zero attached hydrogens (tertiary/aromatic N) is 1. The summed E-state index contributed by atoms with van der Waals surface area (Å²) >= 11 is 5.41. The van der Waals surface area contributed by atoms with Gasteiger partial charge in [0.05, 0.1) is 0 Å². The van der Waals surface area contributed by atoms with E-state index in [-0.39, 0.29) is 0 Å². The van der Waals surface area contributed by atoms with E-state index in [1.54, 1.807) is 0 Å². The fourth-order valence-corrected chi connectivity index (χ4v) is 2.14. The summed E-state index contributed by atoms with van der Waals surface area (Å²) in [6.45, 7) is 10.0. The highest BCUT2D eigenvalue weighted by Gasteiger charge is 2.15. The standard InChI is InChI=1S/C12H24N2S/c1-10(2)9-13-12(15)14-7-4-5-11(3)6-8-14/h10-11H,4-9H2,1-3H3,(H,13,15). The first-order valence-corrected chi connectivity index (χ1v) is 6.53. The lowest BCUT2D eigenvalue weighted by Crippen LogP contribution is -2.41. The normalized spacial score (nSPS) is 22.7. The van der Waals surface area contributed by atoms with Crippen molar-refractivity contribution in [2.24, 2.45) is 11.8 Å². The summed E-state index contributed by atoms with van der Waals surface area (Å²) in [7, 11) is 0. The van der Waals surface area contributed by atoms with Gasteiger partial charge in [-0.1, -0.05) is 20.8 Å². The summed E-state index contributed by atoms with van der Waals surface area (Å²) in [4.78, 5) is 2.33. The zero-order valence-electron chi connectivity index (χ0n) is 10.3. The van der Waals surface area contributed by atoms with Gasteiger partial charge in [0.2, 0.25) is 0 Å². The van der Waals surface area contributed by atoms with Crippen LogP contribution < -0.4 is 5.32 Å². The number of likely N-dealkylation sites (tertiary alicyclic amines) is 1. The molecule has 1 atom stereocenters. The number of thiocarbonyl (C=S) groups is 1. The van der Waals surface area contributed by atoms with E-state index in [0.717, 1.165) is 30.7 Å². The number of nitrogens with one attached hydrogen (secondary N) is 1. The monoisotopic (exact) mass is 228 g/mol. The van der Waals surface area contributed by atoms with Crippen molar-refractivity contribution in [3.8, 4) is 0 Å². The lowest BCUT2D eigenvalue weighted by atomic mass is 10.0. The van der Waals surface area contributed by atoms with E-state index in [4.69, 9.17) is 12.2 Å². The van der Waals surface area contributed by atoms with E-state index in [9.17, 15) is 0 Å². The highest BCUT2D eigenvalue weighted by molar-refractivity contribution is 7.80. The summed E-state index contributed by atoms with van der Waals surface area (Å²) < 4.78 is 0. The molecular weight excluding hydrogens is 204 g/mol. The third-order valence-electron chi connectivity index (χ3n) is 2.97. The molecule has 1 saturated heterocycles. The molecule has 0 saturated carbocycles. The van der Waals surface area contributed by atoms with Gasteiger partial charge in [-0.05, 0) is 43.3 Å². The van der Waals surface area contributed by atoms with Crippen LogP contribution in [0, 0.1) is 11.8 Å². The number of rotatable bonds is 2. The maximum atomic E-state index is 5.41. The van der Waals surface area contributed by atoms with Crippen molar-refractivity contribution in [2.75, 3.05) is 19.6 Å². The van der Waals surface area contributed by atoms with Gasteiger partial charge in [0, 0.05) is 19.6 Å². The van der Waals surface area contributed by atoms with Crippen LogP contribution >= 0.6 is 12.2 Å². The molecule has 0 bridgehead atoms. The Morgan fingerprint density at radius 2 is 2.13 bits per heavy atom. The molecule has 2 nitrogen and oxygen atoms in total. The molecule has 0 radical (unpaired) electrons. The van der Waals surface area contributed by atoms with E-state index >= 15 is 0 Å². The molecule has 1 aliphatic rings. The number of hydrogen-bond donors (Lipinski definition) is 1. The lowest BCUT2D eigenvalue weighted by Gasteiger charge is -2.24. The molecule has 1 N–H and O–H groups in total. The van der Waals surface area contributed by atoms with Gasteiger partial charge in [-0.25, -0.2) is 0 Å². The highest BCUT2D eigenvalue weighted by Crippen LogP contribution is 2.16. The molecule has 0 aromatic rings. The zero-order valence-corrected chi connectivity index (χ0v) is 11.1. The molecule has 1 fully saturated rings. The average Bonchev–Trinajstić information content (AvgIpc) is 2.39. The molecule has 0 amide bonds. The molecular formula is C12H24N2S. The summed E-state index contributed by atoms with van der Waals surface area (Å²) in [5.74, 6) is 1.52. The fraction of sp³-hybridized carbons (Fsp3) is 0.917.